The number of carboxylic acids is 1. The van der Waals surface area contributed by atoms with Crippen molar-refractivity contribution < 1.29 is 14.3 Å². The molecule has 1 aliphatic carbocycles. The number of carboxylic acid groups (broad SMARTS) is 1. The Kier molecular flexibility index (Phi) is 5.15. The smallest absolute Gasteiger partial charge is 0.303 e. The number of nitrogens with zero attached hydrogens (tertiary/aromatic N) is 2. The van der Waals surface area contributed by atoms with E-state index in [1.807, 2.05) is 48.9 Å². The van der Waals surface area contributed by atoms with Crippen LogP contribution >= 0.6 is 0 Å². The molecule has 29 heavy (non-hydrogen) atoms. The first-order valence-corrected chi connectivity index (χ1v) is 10.3. The summed E-state index contributed by atoms with van der Waals surface area (Å²) in [7, 11) is 0. The number of hydrogen-bond donors (Lipinski definition) is 1. The Hall–Kier alpha value is -2.69. The van der Waals surface area contributed by atoms with E-state index < -0.39 is 5.97 Å². The number of halogens is 1. The van der Waals surface area contributed by atoms with Crippen molar-refractivity contribution in [2.24, 2.45) is 5.41 Å². The van der Waals surface area contributed by atoms with E-state index in [0.717, 1.165) is 47.9 Å². The summed E-state index contributed by atoms with van der Waals surface area (Å²) >= 11 is 0. The van der Waals surface area contributed by atoms with Crippen molar-refractivity contribution in [3.05, 3.63) is 53.8 Å². The Morgan fingerprint density at radius 1 is 1.17 bits per heavy atom. The van der Waals surface area contributed by atoms with Crippen molar-refractivity contribution in [2.75, 3.05) is 0 Å². The molecule has 1 heterocycles. The van der Waals surface area contributed by atoms with Crippen LogP contribution in [0.1, 0.15) is 57.6 Å². The SMILES string of the molecule is CC(C)(CC(=O)O)Cc1ccc(-c2nn(C3CCCC3)c3c(F)cccc23)cc1. The van der Waals surface area contributed by atoms with Crippen LogP contribution in [0.25, 0.3) is 22.2 Å². The number of para-hydroxylation sites is 1. The summed E-state index contributed by atoms with van der Waals surface area (Å²) in [6.45, 7) is 3.93. The third-order valence-electron chi connectivity index (χ3n) is 5.89. The molecule has 1 aliphatic rings. The van der Waals surface area contributed by atoms with Gasteiger partial charge in [0.1, 0.15) is 17.0 Å². The minimum atomic E-state index is -0.780. The highest BCUT2D eigenvalue weighted by Gasteiger charge is 2.25. The first-order valence-electron chi connectivity index (χ1n) is 10.3. The molecule has 0 atom stereocenters. The fraction of sp³-hybridized carbons (Fsp3) is 0.417. The van der Waals surface area contributed by atoms with Gasteiger partial charge in [-0.2, -0.15) is 5.10 Å². The zero-order valence-electron chi connectivity index (χ0n) is 17.0. The van der Waals surface area contributed by atoms with E-state index in [2.05, 4.69) is 0 Å². The first-order chi connectivity index (χ1) is 13.8. The number of aliphatic carboxylic acids is 1. The molecule has 1 fully saturated rings. The normalized spacial score (nSPS) is 15.3. The lowest BCUT2D eigenvalue weighted by atomic mass is 9.82. The van der Waals surface area contributed by atoms with E-state index in [0.29, 0.717) is 11.9 Å². The average Bonchev–Trinajstić information content (AvgIpc) is 3.29. The number of benzene rings is 2. The van der Waals surface area contributed by atoms with Crippen molar-refractivity contribution >= 4 is 16.9 Å². The van der Waals surface area contributed by atoms with Gasteiger partial charge in [-0.1, -0.05) is 63.1 Å². The molecule has 0 amide bonds. The highest BCUT2D eigenvalue weighted by Crippen LogP contribution is 2.37. The highest BCUT2D eigenvalue weighted by atomic mass is 19.1. The first kappa shape index (κ1) is 19.6. The van der Waals surface area contributed by atoms with E-state index in [1.54, 1.807) is 6.07 Å². The van der Waals surface area contributed by atoms with Gasteiger partial charge in [-0.3, -0.25) is 9.48 Å². The Morgan fingerprint density at radius 2 is 1.86 bits per heavy atom. The van der Waals surface area contributed by atoms with E-state index in [-0.39, 0.29) is 23.7 Å². The van der Waals surface area contributed by atoms with E-state index in [9.17, 15) is 9.18 Å². The van der Waals surface area contributed by atoms with E-state index in [4.69, 9.17) is 10.2 Å². The second kappa shape index (κ2) is 7.62. The Balaban J connectivity index is 1.68. The molecular weight excluding hydrogens is 367 g/mol. The molecule has 0 saturated heterocycles. The fourth-order valence-corrected chi connectivity index (χ4v) is 4.58. The van der Waals surface area contributed by atoms with Gasteiger partial charge in [0.2, 0.25) is 0 Å². The van der Waals surface area contributed by atoms with Gasteiger partial charge in [-0.05, 0) is 36.3 Å². The molecule has 4 rings (SSSR count). The van der Waals surface area contributed by atoms with E-state index in [1.165, 1.54) is 6.07 Å². The topological polar surface area (TPSA) is 55.1 Å². The van der Waals surface area contributed by atoms with Gasteiger partial charge >= 0.3 is 5.97 Å². The van der Waals surface area contributed by atoms with Crippen LogP contribution in [0.3, 0.4) is 0 Å². The third-order valence-corrected chi connectivity index (χ3v) is 5.89. The zero-order chi connectivity index (χ0) is 20.6. The number of rotatable bonds is 6. The van der Waals surface area contributed by atoms with Gasteiger partial charge in [-0.25, -0.2) is 4.39 Å². The lowest BCUT2D eigenvalue weighted by Gasteiger charge is -2.22. The van der Waals surface area contributed by atoms with Crippen molar-refractivity contribution in [2.45, 2.75) is 58.4 Å². The molecular formula is C24H27FN2O2. The van der Waals surface area contributed by atoms with Crippen LogP contribution in [0, 0.1) is 11.2 Å². The van der Waals surface area contributed by atoms with Gasteiger partial charge < -0.3 is 5.11 Å². The predicted molar refractivity (Wildman–Crippen MR) is 112 cm³/mol. The molecule has 1 N–H and O–H groups in total. The molecule has 4 nitrogen and oxygen atoms in total. The molecule has 0 bridgehead atoms. The average molecular weight is 394 g/mol. The maximum absolute atomic E-state index is 14.7. The summed E-state index contributed by atoms with van der Waals surface area (Å²) in [5, 5.41) is 14.8. The van der Waals surface area contributed by atoms with Crippen molar-refractivity contribution in [1.82, 2.24) is 9.78 Å². The summed E-state index contributed by atoms with van der Waals surface area (Å²) in [5.41, 5.74) is 3.14. The van der Waals surface area contributed by atoms with Crippen LogP contribution in [0.4, 0.5) is 4.39 Å². The minimum absolute atomic E-state index is 0.129. The van der Waals surface area contributed by atoms with Crippen molar-refractivity contribution in [3.8, 4) is 11.3 Å². The maximum atomic E-state index is 14.7. The number of carbonyl (C=O) groups is 1. The van der Waals surface area contributed by atoms with Crippen LogP contribution < -0.4 is 0 Å². The molecule has 0 aliphatic heterocycles. The summed E-state index contributed by atoms with van der Waals surface area (Å²) in [5.74, 6) is -1.00. The standard InChI is InChI=1S/C24H27FN2O2/c1-24(2,15-21(28)29)14-16-10-12-17(13-11-16)22-19-8-5-9-20(25)23(19)27(26-22)18-6-3-4-7-18/h5,8-13,18H,3-4,6-7,14-15H2,1-2H3,(H,28,29). The lowest BCUT2D eigenvalue weighted by molar-refractivity contribution is -0.139. The van der Waals surface area contributed by atoms with Gasteiger partial charge in [-0.15, -0.1) is 0 Å². The number of fused-ring (bicyclic) bond motifs is 1. The quantitative estimate of drug-likeness (QED) is 0.558. The molecule has 1 aromatic heterocycles. The van der Waals surface area contributed by atoms with Crippen molar-refractivity contribution in [1.29, 1.82) is 0 Å². The molecule has 0 radical (unpaired) electrons. The third kappa shape index (κ3) is 4.04. The summed E-state index contributed by atoms with van der Waals surface area (Å²) in [6.07, 6.45) is 5.23. The molecule has 2 aromatic carbocycles. The summed E-state index contributed by atoms with van der Waals surface area (Å²) in [6, 6.07) is 13.5. The zero-order valence-corrected chi connectivity index (χ0v) is 17.0. The Morgan fingerprint density at radius 3 is 2.52 bits per heavy atom. The monoisotopic (exact) mass is 394 g/mol. The van der Waals surface area contributed by atoms with Crippen LogP contribution in [-0.4, -0.2) is 20.9 Å². The molecule has 152 valence electrons. The van der Waals surface area contributed by atoms with Gasteiger partial charge in [0.05, 0.1) is 12.5 Å². The molecule has 1 saturated carbocycles. The number of hydrogen-bond acceptors (Lipinski definition) is 2. The van der Waals surface area contributed by atoms with E-state index >= 15 is 0 Å². The van der Waals surface area contributed by atoms with Gasteiger partial charge in [0, 0.05) is 10.9 Å². The second-order valence-electron chi connectivity index (χ2n) is 8.98. The maximum Gasteiger partial charge on any atom is 0.303 e. The molecule has 0 unspecified atom stereocenters. The van der Waals surface area contributed by atoms with Crippen LogP contribution in [0.2, 0.25) is 0 Å². The van der Waals surface area contributed by atoms with Crippen LogP contribution in [0.15, 0.2) is 42.5 Å². The summed E-state index contributed by atoms with van der Waals surface area (Å²) in [4.78, 5) is 11.1. The van der Waals surface area contributed by atoms with Crippen molar-refractivity contribution in [3.63, 3.8) is 0 Å². The highest BCUT2D eigenvalue weighted by molar-refractivity contribution is 5.93. The largest absolute Gasteiger partial charge is 0.481 e. The molecule has 0 spiro atoms. The minimum Gasteiger partial charge on any atom is -0.481 e. The van der Waals surface area contributed by atoms with Crippen LogP contribution in [-0.2, 0) is 11.2 Å². The molecule has 3 aromatic rings. The Bertz CT molecular complexity index is 1030. The second-order valence-corrected chi connectivity index (χ2v) is 8.98. The fourth-order valence-electron chi connectivity index (χ4n) is 4.58. The van der Waals surface area contributed by atoms with Gasteiger partial charge in [0.15, 0.2) is 0 Å². The Labute approximate surface area is 170 Å². The summed E-state index contributed by atoms with van der Waals surface area (Å²) < 4.78 is 16.6. The molecule has 5 heteroatoms. The van der Waals surface area contributed by atoms with Crippen LogP contribution in [0.5, 0.6) is 0 Å². The van der Waals surface area contributed by atoms with Gasteiger partial charge in [0.25, 0.3) is 0 Å². The lowest BCUT2D eigenvalue weighted by Crippen LogP contribution is -2.19. The number of aromatic nitrogens is 2. The predicted octanol–water partition coefficient (Wildman–Crippen LogP) is 6.00.